The lowest BCUT2D eigenvalue weighted by molar-refractivity contribution is -0.138. The molecule has 1 aliphatic heterocycles. The topological polar surface area (TPSA) is 32.3 Å². The minimum atomic E-state index is -4.40. The fourth-order valence-electron chi connectivity index (χ4n) is 5.10. The molecular formula is C23H29F3N2O. The molecule has 0 aromatic heterocycles. The minimum absolute atomic E-state index is 0.0414. The Morgan fingerprint density at radius 1 is 1.17 bits per heavy atom. The minimum Gasteiger partial charge on any atom is -0.352 e. The van der Waals surface area contributed by atoms with Gasteiger partial charge in [-0.25, -0.2) is 0 Å². The first-order chi connectivity index (χ1) is 13.9. The third kappa shape index (κ3) is 4.68. The zero-order valence-corrected chi connectivity index (χ0v) is 16.7. The molecule has 2 atom stereocenters. The average molecular weight is 406 g/mol. The number of hydrogen-bond donors (Lipinski definition) is 1. The van der Waals surface area contributed by atoms with Crippen LogP contribution in [0.15, 0.2) is 36.4 Å². The molecule has 6 heteroatoms. The van der Waals surface area contributed by atoms with Gasteiger partial charge in [0, 0.05) is 19.0 Å². The molecule has 3 nitrogen and oxygen atoms in total. The van der Waals surface area contributed by atoms with E-state index in [0.29, 0.717) is 0 Å². The van der Waals surface area contributed by atoms with Gasteiger partial charge >= 0.3 is 6.18 Å². The van der Waals surface area contributed by atoms with Gasteiger partial charge in [0.05, 0.1) is 5.56 Å². The van der Waals surface area contributed by atoms with Crippen LogP contribution in [-0.4, -0.2) is 30.4 Å². The van der Waals surface area contributed by atoms with E-state index in [0.717, 1.165) is 50.9 Å². The van der Waals surface area contributed by atoms with Gasteiger partial charge in [-0.1, -0.05) is 30.4 Å². The summed E-state index contributed by atoms with van der Waals surface area (Å²) >= 11 is 0. The van der Waals surface area contributed by atoms with Crippen LogP contribution in [0.25, 0.3) is 0 Å². The summed E-state index contributed by atoms with van der Waals surface area (Å²) in [6.07, 6.45) is 6.69. The van der Waals surface area contributed by atoms with Crippen LogP contribution >= 0.6 is 0 Å². The zero-order valence-electron chi connectivity index (χ0n) is 16.7. The molecule has 2 fully saturated rings. The number of benzene rings is 1. The molecule has 4 rings (SSSR count). The standard InChI is InChI=1S/C23H29F3N2O/c24-23(25,26)19-9-5-4-8-18(19)15-27-21(29)20-14-22(20)10-12-28(13-11-22)16-17-6-2-1-3-7-17/h1-2,4-5,8-9,17,20H,3,6-7,10-16H2,(H,27,29)/t17-,20+/m1/s1. The molecule has 1 amide bonds. The Morgan fingerprint density at radius 2 is 1.93 bits per heavy atom. The van der Waals surface area contributed by atoms with E-state index < -0.39 is 11.7 Å². The molecular weight excluding hydrogens is 377 g/mol. The highest BCUT2D eigenvalue weighted by molar-refractivity contribution is 5.82. The Labute approximate surface area is 170 Å². The van der Waals surface area contributed by atoms with Crippen molar-refractivity contribution >= 4 is 5.91 Å². The van der Waals surface area contributed by atoms with Crippen LogP contribution in [0.4, 0.5) is 13.2 Å². The maximum absolute atomic E-state index is 13.1. The van der Waals surface area contributed by atoms with E-state index >= 15 is 0 Å². The number of piperidine rings is 1. The monoisotopic (exact) mass is 406 g/mol. The summed E-state index contributed by atoms with van der Waals surface area (Å²) in [6, 6.07) is 5.46. The van der Waals surface area contributed by atoms with Crippen molar-refractivity contribution < 1.29 is 18.0 Å². The Bertz CT molecular complexity index is 766. The second-order valence-corrected chi connectivity index (χ2v) is 8.94. The first-order valence-corrected chi connectivity index (χ1v) is 10.7. The maximum Gasteiger partial charge on any atom is 0.416 e. The van der Waals surface area contributed by atoms with E-state index in [1.807, 2.05) is 0 Å². The van der Waals surface area contributed by atoms with Gasteiger partial charge in [0.25, 0.3) is 0 Å². The van der Waals surface area contributed by atoms with Crippen molar-refractivity contribution in [1.82, 2.24) is 10.2 Å². The summed E-state index contributed by atoms with van der Waals surface area (Å²) in [7, 11) is 0. The van der Waals surface area contributed by atoms with Gasteiger partial charge in [0.1, 0.15) is 0 Å². The van der Waals surface area contributed by atoms with Gasteiger partial charge in [-0.2, -0.15) is 13.2 Å². The van der Waals surface area contributed by atoms with Gasteiger partial charge in [0.2, 0.25) is 5.91 Å². The molecule has 1 saturated carbocycles. The molecule has 1 aromatic rings. The molecule has 3 aliphatic rings. The third-order valence-corrected chi connectivity index (χ3v) is 7.03. The van der Waals surface area contributed by atoms with Gasteiger partial charge in [-0.3, -0.25) is 4.79 Å². The van der Waals surface area contributed by atoms with Gasteiger partial charge in [0.15, 0.2) is 0 Å². The van der Waals surface area contributed by atoms with Crippen molar-refractivity contribution in [2.24, 2.45) is 17.3 Å². The number of alkyl halides is 3. The second-order valence-electron chi connectivity index (χ2n) is 8.94. The number of nitrogens with zero attached hydrogens (tertiary/aromatic N) is 1. The normalized spacial score (nSPS) is 26.4. The van der Waals surface area contributed by atoms with Gasteiger partial charge in [-0.05, 0) is 74.6 Å². The maximum atomic E-state index is 13.1. The average Bonchev–Trinajstić information content (AvgIpc) is 3.42. The second kappa shape index (κ2) is 8.13. The summed E-state index contributed by atoms with van der Waals surface area (Å²) in [6.45, 7) is 3.13. The van der Waals surface area contributed by atoms with Crippen LogP contribution in [-0.2, 0) is 17.5 Å². The molecule has 1 saturated heterocycles. The third-order valence-electron chi connectivity index (χ3n) is 7.03. The molecule has 2 aliphatic carbocycles. The van der Waals surface area contributed by atoms with Crippen molar-refractivity contribution in [2.75, 3.05) is 19.6 Å². The first kappa shape index (κ1) is 20.5. The van der Waals surface area contributed by atoms with Gasteiger partial charge in [-0.15, -0.1) is 0 Å². The number of allylic oxidation sites excluding steroid dienone is 2. The number of carbonyl (C=O) groups excluding carboxylic acids is 1. The lowest BCUT2D eigenvalue weighted by Gasteiger charge is -2.35. The van der Waals surface area contributed by atoms with Crippen molar-refractivity contribution in [3.05, 3.63) is 47.5 Å². The lowest BCUT2D eigenvalue weighted by atomic mass is 9.88. The predicted octanol–water partition coefficient (Wildman–Crippen LogP) is 4.78. The first-order valence-electron chi connectivity index (χ1n) is 10.7. The number of nitrogens with one attached hydrogen (secondary N) is 1. The Balaban J connectivity index is 1.26. The summed E-state index contributed by atoms with van der Waals surface area (Å²) in [5.74, 6) is 0.620. The molecule has 1 N–H and O–H groups in total. The lowest BCUT2D eigenvalue weighted by Crippen LogP contribution is -2.39. The molecule has 0 unspecified atom stereocenters. The number of hydrogen-bond acceptors (Lipinski definition) is 2. The van der Waals surface area contributed by atoms with E-state index in [9.17, 15) is 18.0 Å². The number of carbonyl (C=O) groups is 1. The molecule has 29 heavy (non-hydrogen) atoms. The summed E-state index contributed by atoms with van der Waals surface area (Å²) in [4.78, 5) is 15.1. The Morgan fingerprint density at radius 3 is 2.62 bits per heavy atom. The smallest absolute Gasteiger partial charge is 0.352 e. The van der Waals surface area contributed by atoms with Crippen LogP contribution in [0, 0.1) is 17.3 Å². The zero-order chi connectivity index (χ0) is 20.5. The van der Waals surface area contributed by atoms with E-state index in [-0.39, 0.29) is 29.3 Å². The van der Waals surface area contributed by atoms with Gasteiger partial charge < -0.3 is 10.2 Å². The van der Waals surface area contributed by atoms with E-state index in [4.69, 9.17) is 0 Å². The molecule has 1 heterocycles. The highest BCUT2D eigenvalue weighted by atomic mass is 19.4. The molecule has 0 bridgehead atoms. The largest absolute Gasteiger partial charge is 0.416 e. The van der Waals surface area contributed by atoms with Crippen molar-refractivity contribution in [3.63, 3.8) is 0 Å². The number of amides is 1. The highest BCUT2D eigenvalue weighted by Gasteiger charge is 2.58. The van der Waals surface area contributed by atoms with Crippen molar-refractivity contribution in [3.8, 4) is 0 Å². The van der Waals surface area contributed by atoms with E-state index in [1.54, 1.807) is 6.07 Å². The van der Waals surface area contributed by atoms with Crippen LogP contribution in [0.2, 0.25) is 0 Å². The van der Waals surface area contributed by atoms with Crippen molar-refractivity contribution in [2.45, 2.75) is 51.2 Å². The summed E-state index contributed by atoms with van der Waals surface area (Å²) in [5, 5.41) is 2.76. The SMILES string of the molecule is O=C(NCc1ccccc1C(F)(F)F)[C@@H]1CC12CCN(C[C@@H]1CC=CCC1)CC2. The highest BCUT2D eigenvalue weighted by Crippen LogP contribution is 2.59. The fourth-order valence-corrected chi connectivity index (χ4v) is 5.10. The number of likely N-dealkylation sites (tertiary alicyclic amines) is 1. The van der Waals surface area contributed by atoms with Crippen LogP contribution < -0.4 is 5.32 Å². The molecule has 1 spiro atoms. The molecule has 1 aromatic carbocycles. The molecule has 0 radical (unpaired) electrons. The van der Waals surface area contributed by atoms with E-state index in [2.05, 4.69) is 22.4 Å². The number of rotatable bonds is 5. The van der Waals surface area contributed by atoms with Crippen LogP contribution in [0.1, 0.15) is 49.7 Å². The van der Waals surface area contributed by atoms with Crippen LogP contribution in [0.3, 0.4) is 0 Å². The van der Waals surface area contributed by atoms with E-state index in [1.165, 1.54) is 31.4 Å². The Hall–Kier alpha value is -1.82. The number of halogens is 3. The summed E-state index contributed by atoms with van der Waals surface area (Å²) < 4.78 is 39.3. The van der Waals surface area contributed by atoms with Crippen molar-refractivity contribution in [1.29, 1.82) is 0 Å². The summed E-state index contributed by atoms with van der Waals surface area (Å²) in [5.41, 5.74) is -0.465. The quantitative estimate of drug-likeness (QED) is 0.714. The molecule has 158 valence electrons. The predicted molar refractivity (Wildman–Crippen MR) is 106 cm³/mol. The van der Waals surface area contributed by atoms with Crippen LogP contribution in [0.5, 0.6) is 0 Å². The Kier molecular flexibility index (Phi) is 5.74. The fraction of sp³-hybridized carbons (Fsp3) is 0.609.